The van der Waals surface area contributed by atoms with Gasteiger partial charge >= 0.3 is 11.3 Å². The van der Waals surface area contributed by atoms with E-state index in [4.69, 9.17) is 8.83 Å². The van der Waals surface area contributed by atoms with Crippen molar-refractivity contribution in [3.05, 3.63) is 80.5 Å². The van der Waals surface area contributed by atoms with E-state index in [1.807, 2.05) is 0 Å². The van der Waals surface area contributed by atoms with Crippen LogP contribution in [0.5, 0.6) is 11.5 Å². The Hall–Kier alpha value is -3.87. The quantitative estimate of drug-likeness (QED) is 0.421. The largest absolute Gasteiger partial charge is 0.508 e. The number of aromatic hydroxyl groups is 2. The van der Waals surface area contributed by atoms with Crippen LogP contribution in [0, 0.1) is 0 Å². The Morgan fingerprint density at radius 2 is 1.12 bits per heavy atom. The number of phenols is 2. The van der Waals surface area contributed by atoms with Crippen LogP contribution in [0.3, 0.4) is 0 Å². The molecular formula is C19H10O7. The Morgan fingerprint density at radius 3 is 1.54 bits per heavy atom. The second-order valence-corrected chi connectivity index (χ2v) is 5.67. The number of phenolic OH excluding ortho intramolecular Hbond substituents is 2. The molecule has 7 heteroatoms. The van der Waals surface area contributed by atoms with E-state index in [0.29, 0.717) is 10.8 Å². The van der Waals surface area contributed by atoms with Gasteiger partial charge in [0.1, 0.15) is 33.8 Å². The van der Waals surface area contributed by atoms with Crippen molar-refractivity contribution >= 4 is 27.7 Å². The highest BCUT2D eigenvalue weighted by Crippen LogP contribution is 2.22. The molecule has 0 fully saturated rings. The van der Waals surface area contributed by atoms with Gasteiger partial charge in [-0.25, -0.2) is 9.59 Å². The molecule has 0 saturated heterocycles. The molecule has 2 N–H and O–H groups in total. The molecule has 0 atom stereocenters. The first kappa shape index (κ1) is 15.6. The van der Waals surface area contributed by atoms with E-state index in [9.17, 15) is 24.6 Å². The van der Waals surface area contributed by atoms with E-state index in [1.54, 1.807) is 0 Å². The van der Waals surface area contributed by atoms with Gasteiger partial charge in [-0.1, -0.05) is 0 Å². The summed E-state index contributed by atoms with van der Waals surface area (Å²) in [6, 6.07) is 10.8. The van der Waals surface area contributed by atoms with Crippen LogP contribution in [0.15, 0.2) is 67.0 Å². The van der Waals surface area contributed by atoms with E-state index in [2.05, 4.69) is 0 Å². The molecular weight excluding hydrogens is 340 g/mol. The van der Waals surface area contributed by atoms with E-state index in [-0.39, 0.29) is 33.8 Å². The smallest absolute Gasteiger partial charge is 0.347 e. The van der Waals surface area contributed by atoms with Crippen LogP contribution in [0.2, 0.25) is 0 Å². The van der Waals surface area contributed by atoms with Crippen molar-refractivity contribution in [2.75, 3.05) is 0 Å². The van der Waals surface area contributed by atoms with Crippen molar-refractivity contribution in [3.63, 3.8) is 0 Å². The lowest BCUT2D eigenvalue weighted by atomic mass is 10.0. The van der Waals surface area contributed by atoms with Crippen molar-refractivity contribution in [3.8, 4) is 11.5 Å². The molecule has 4 aromatic rings. The van der Waals surface area contributed by atoms with Gasteiger partial charge < -0.3 is 19.0 Å². The highest BCUT2D eigenvalue weighted by Gasteiger charge is 2.20. The topological polar surface area (TPSA) is 118 Å². The molecule has 4 rings (SSSR count). The summed E-state index contributed by atoms with van der Waals surface area (Å²) in [5.41, 5.74) is -2.28. The van der Waals surface area contributed by atoms with E-state index >= 15 is 0 Å². The number of ketones is 1. The molecule has 0 amide bonds. The minimum atomic E-state index is -0.932. The number of rotatable bonds is 2. The summed E-state index contributed by atoms with van der Waals surface area (Å²) in [6.07, 6.45) is 0. The minimum Gasteiger partial charge on any atom is -0.508 e. The number of carbonyl (C=O) groups excluding carboxylic acids is 1. The zero-order valence-corrected chi connectivity index (χ0v) is 13.1. The summed E-state index contributed by atoms with van der Waals surface area (Å²) in [5.74, 6) is -1.01. The average Bonchev–Trinajstić information content (AvgIpc) is 2.59. The molecule has 0 aliphatic heterocycles. The van der Waals surface area contributed by atoms with Crippen LogP contribution >= 0.6 is 0 Å². The first-order valence-electron chi connectivity index (χ1n) is 7.51. The van der Waals surface area contributed by atoms with Gasteiger partial charge in [0.15, 0.2) is 0 Å². The molecule has 0 bridgehead atoms. The summed E-state index contributed by atoms with van der Waals surface area (Å²) in [6.45, 7) is 0. The monoisotopic (exact) mass is 350 g/mol. The number of hydrogen-bond acceptors (Lipinski definition) is 7. The predicted molar refractivity (Wildman–Crippen MR) is 91.7 cm³/mol. The van der Waals surface area contributed by atoms with Gasteiger partial charge in [-0.2, -0.15) is 0 Å². The van der Waals surface area contributed by atoms with Crippen LogP contribution in [-0.2, 0) is 0 Å². The lowest BCUT2D eigenvalue weighted by molar-refractivity contribution is 0.103. The first-order valence-corrected chi connectivity index (χ1v) is 7.51. The Morgan fingerprint density at radius 1 is 0.692 bits per heavy atom. The predicted octanol–water partition coefficient (Wildman–Crippen LogP) is 2.54. The van der Waals surface area contributed by atoms with Gasteiger partial charge in [0.25, 0.3) is 0 Å². The van der Waals surface area contributed by atoms with Crippen LogP contribution < -0.4 is 11.3 Å². The van der Waals surface area contributed by atoms with Gasteiger partial charge in [0, 0.05) is 22.9 Å². The van der Waals surface area contributed by atoms with E-state index in [1.165, 1.54) is 48.5 Å². The lowest BCUT2D eigenvalue weighted by Gasteiger charge is -2.03. The normalized spacial score (nSPS) is 11.1. The van der Waals surface area contributed by atoms with Crippen molar-refractivity contribution in [1.82, 2.24) is 0 Å². The van der Waals surface area contributed by atoms with Crippen LogP contribution in [0.4, 0.5) is 0 Å². The van der Waals surface area contributed by atoms with Crippen LogP contribution in [0.1, 0.15) is 15.9 Å². The Bertz CT molecular complexity index is 1210. The van der Waals surface area contributed by atoms with Gasteiger partial charge in [0.2, 0.25) is 5.78 Å². The zero-order chi connectivity index (χ0) is 18.4. The fourth-order valence-electron chi connectivity index (χ4n) is 2.66. The van der Waals surface area contributed by atoms with E-state index in [0.717, 1.165) is 0 Å². The maximum Gasteiger partial charge on any atom is 0.347 e. The van der Waals surface area contributed by atoms with Gasteiger partial charge in [-0.3, -0.25) is 4.79 Å². The van der Waals surface area contributed by atoms with Crippen LogP contribution in [0.25, 0.3) is 21.9 Å². The van der Waals surface area contributed by atoms with Crippen molar-refractivity contribution in [2.24, 2.45) is 0 Å². The molecule has 2 aromatic carbocycles. The standard InChI is InChI=1S/C19H10O7/c20-11-3-1-9-5-13(18(23)25-15(9)7-11)17(22)14-6-10-2-4-12(21)8-16(10)26-19(14)24/h1-8,20-21H. The third-order valence-corrected chi connectivity index (χ3v) is 3.93. The lowest BCUT2D eigenvalue weighted by Crippen LogP contribution is -2.20. The molecule has 26 heavy (non-hydrogen) atoms. The number of carbonyl (C=O) groups is 1. The number of fused-ring (bicyclic) bond motifs is 2. The zero-order valence-electron chi connectivity index (χ0n) is 13.1. The average molecular weight is 350 g/mol. The number of benzene rings is 2. The second-order valence-electron chi connectivity index (χ2n) is 5.67. The van der Waals surface area contributed by atoms with E-state index < -0.39 is 17.0 Å². The summed E-state index contributed by atoms with van der Waals surface area (Å²) >= 11 is 0. The maximum atomic E-state index is 12.7. The third-order valence-electron chi connectivity index (χ3n) is 3.93. The molecule has 128 valence electrons. The molecule has 0 spiro atoms. The highest BCUT2D eigenvalue weighted by molar-refractivity contribution is 6.10. The molecule has 2 aromatic heterocycles. The van der Waals surface area contributed by atoms with Gasteiger partial charge in [-0.15, -0.1) is 0 Å². The van der Waals surface area contributed by atoms with Crippen molar-refractivity contribution < 1.29 is 23.8 Å². The molecule has 0 unspecified atom stereocenters. The summed E-state index contributed by atoms with van der Waals surface area (Å²) in [7, 11) is 0. The third kappa shape index (κ3) is 2.51. The SMILES string of the molecule is O=C(c1cc2ccc(O)cc2oc1=O)c1cc2ccc(O)cc2oc1=O. The second kappa shape index (κ2) is 5.59. The minimum absolute atomic E-state index is 0.0850. The molecule has 2 heterocycles. The Kier molecular flexibility index (Phi) is 3.37. The molecule has 0 radical (unpaired) electrons. The van der Waals surface area contributed by atoms with Gasteiger partial charge in [0.05, 0.1) is 0 Å². The van der Waals surface area contributed by atoms with Crippen molar-refractivity contribution in [1.29, 1.82) is 0 Å². The fourth-order valence-corrected chi connectivity index (χ4v) is 2.66. The molecule has 0 aliphatic carbocycles. The highest BCUT2D eigenvalue weighted by atomic mass is 16.4. The van der Waals surface area contributed by atoms with Crippen LogP contribution in [-0.4, -0.2) is 16.0 Å². The van der Waals surface area contributed by atoms with Gasteiger partial charge in [-0.05, 0) is 36.4 Å². The van der Waals surface area contributed by atoms with Crippen molar-refractivity contribution in [2.45, 2.75) is 0 Å². The molecule has 0 saturated carbocycles. The number of hydrogen-bond donors (Lipinski definition) is 2. The fraction of sp³-hybridized carbons (Fsp3) is 0. The first-order chi connectivity index (χ1) is 12.4. The summed E-state index contributed by atoms with van der Waals surface area (Å²) in [5, 5.41) is 19.7. The Labute approximate surface area is 144 Å². The summed E-state index contributed by atoms with van der Waals surface area (Å²) in [4.78, 5) is 37.0. The summed E-state index contributed by atoms with van der Waals surface area (Å²) < 4.78 is 10.1. The Balaban J connectivity index is 1.90. The molecule has 7 nitrogen and oxygen atoms in total. The maximum absolute atomic E-state index is 12.7. The molecule has 0 aliphatic rings.